The first-order valence-corrected chi connectivity index (χ1v) is 7.39. The molecule has 108 valence electrons. The minimum absolute atomic E-state index is 0.331. The van der Waals surface area contributed by atoms with Gasteiger partial charge >= 0.3 is 5.97 Å². The van der Waals surface area contributed by atoms with Crippen LogP contribution in [0.3, 0.4) is 0 Å². The van der Waals surface area contributed by atoms with Crippen LogP contribution in [-0.4, -0.2) is 20.6 Å². The average Bonchev–Trinajstić information content (AvgIpc) is 2.77. The topological polar surface area (TPSA) is 55.1 Å². The molecule has 0 fully saturated rings. The maximum absolute atomic E-state index is 11.1. The van der Waals surface area contributed by atoms with E-state index >= 15 is 0 Å². The number of carbonyl (C=O) groups is 1. The van der Waals surface area contributed by atoms with Crippen LogP contribution in [0.2, 0.25) is 0 Å². The highest BCUT2D eigenvalue weighted by Crippen LogP contribution is 2.20. The fourth-order valence-corrected chi connectivity index (χ4v) is 2.49. The third-order valence-corrected chi connectivity index (χ3v) is 3.53. The van der Waals surface area contributed by atoms with Crippen molar-refractivity contribution in [1.82, 2.24) is 9.55 Å². The number of aromatic nitrogens is 2. The summed E-state index contributed by atoms with van der Waals surface area (Å²) in [6.07, 6.45) is 5.45. The van der Waals surface area contributed by atoms with Crippen LogP contribution in [0, 0.1) is 0 Å². The van der Waals surface area contributed by atoms with Gasteiger partial charge in [0.05, 0.1) is 16.6 Å². The van der Waals surface area contributed by atoms with Gasteiger partial charge in [0.2, 0.25) is 0 Å². The number of aromatic carboxylic acids is 1. The Morgan fingerprint density at radius 3 is 2.70 bits per heavy atom. The molecule has 0 bridgehead atoms. The zero-order valence-electron chi connectivity index (χ0n) is 12.2. The number of carboxylic acids is 1. The van der Waals surface area contributed by atoms with Gasteiger partial charge in [-0.3, -0.25) is 0 Å². The lowest BCUT2D eigenvalue weighted by atomic mass is 10.2. The Bertz CT molecular complexity index is 602. The molecule has 0 saturated heterocycles. The van der Waals surface area contributed by atoms with Crippen molar-refractivity contribution < 1.29 is 9.90 Å². The summed E-state index contributed by atoms with van der Waals surface area (Å²) in [5.74, 6) is 0.186. The highest BCUT2D eigenvalue weighted by Gasteiger charge is 2.12. The molecule has 0 saturated carbocycles. The molecule has 2 rings (SSSR count). The van der Waals surface area contributed by atoms with E-state index in [0.29, 0.717) is 5.56 Å². The highest BCUT2D eigenvalue weighted by atomic mass is 16.4. The van der Waals surface area contributed by atoms with Gasteiger partial charge in [0.15, 0.2) is 0 Å². The van der Waals surface area contributed by atoms with Crippen molar-refractivity contribution in [2.75, 3.05) is 0 Å². The summed E-state index contributed by atoms with van der Waals surface area (Å²) in [4.78, 5) is 15.8. The van der Waals surface area contributed by atoms with Crippen molar-refractivity contribution in [2.45, 2.75) is 52.5 Å². The molecule has 4 heteroatoms. The van der Waals surface area contributed by atoms with Gasteiger partial charge in [-0.05, 0) is 31.0 Å². The van der Waals surface area contributed by atoms with Gasteiger partial charge in [-0.25, -0.2) is 9.78 Å². The molecule has 1 N–H and O–H groups in total. The first kappa shape index (κ1) is 14.6. The summed E-state index contributed by atoms with van der Waals surface area (Å²) in [6, 6.07) is 5.19. The Morgan fingerprint density at radius 1 is 1.25 bits per heavy atom. The SMILES string of the molecule is CCCCCn1c(CCC)nc2ccc(C(=O)O)cc21. The first-order chi connectivity index (χ1) is 9.67. The molecule has 0 spiro atoms. The van der Waals surface area contributed by atoms with Crippen LogP contribution in [0.25, 0.3) is 11.0 Å². The maximum atomic E-state index is 11.1. The number of fused-ring (bicyclic) bond motifs is 1. The zero-order valence-corrected chi connectivity index (χ0v) is 12.2. The number of rotatable bonds is 7. The lowest BCUT2D eigenvalue weighted by Crippen LogP contribution is -2.04. The number of benzene rings is 1. The third-order valence-electron chi connectivity index (χ3n) is 3.53. The standard InChI is InChI=1S/C16H22N2O2/c1-3-5-6-10-18-14-11-12(16(19)20)8-9-13(14)17-15(18)7-4-2/h8-9,11H,3-7,10H2,1-2H3,(H,19,20). The second-order valence-electron chi connectivity index (χ2n) is 5.15. The van der Waals surface area contributed by atoms with E-state index in [0.717, 1.165) is 42.7 Å². The molecule has 0 atom stereocenters. The summed E-state index contributed by atoms with van der Waals surface area (Å²) >= 11 is 0. The van der Waals surface area contributed by atoms with Crippen LogP contribution in [0.4, 0.5) is 0 Å². The van der Waals surface area contributed by atoms with E-state index < -0.39 is 5.97 Å². The largest absolute Gasteiger partial charge is 0.478 e. The summed E-state index contributed by atoms with van der Waals surface area (Å²) < 4.78 is 2.20. The van der Waals surface area contributed by atoms with Gasteiger partial charge in [-0.2, -0.15) is 0 Å². The number of carboxylic acid groups (broad SMARTS) is 1. The van der Waals surface area contributed by atoms with Crippen molar-refractivity contribution in [2.24, 2.45) is 0 Å². The molecular formula is C16H22N2O2. The number of nitrogens with zero attached hydrogens (tertiary/aromatic N) is 2. The van der Waals surface area contributed by atoms with Gasteiger partial charge in [-0.1, -0.05) is 26.7 Å². The molecule has 0 aliphatic rings. The number of unbranched alkanes of at least 4 members (excludes halogenated alkanes) is 2. The average molecular weight is 274 g/mol. The van der Waals surface area contributed by atoms with Crippen LogP contribution in [-0.2, 0) is 13.0 Å². The summed E-state index contributed by atoms with van der Waals surface area (Å²) in [7, 11) is 0. The molecule has 20 heavy (non-hydrogen) atoms. The molecule has 0 unspecified atom stereocenters. The third kappa shape index (κ3) is 3.00. The molecule has 1 heterocycles. The predicted molar refractivity (Wildman–Crippen MR) is 80.2 cm³/mol. The van der Waals surface area contributed by atoms with E-state index in [1.54, 1.807) is 12.1 Å². The zero-order chi connectivity index (χ0) is 14.5. The molecule has 0 aliphatic heterocycles. The van der Waals surface area contributed by atoms with Gasteiger partial charge in [0.25, 0.3) is 0 Å². The van der Waals surface area contributed by atoms with E-state index in [4.69, 9.17) is 5.11 Å². The smallest absolute Gasteiger partial charge is 0.335 e. The predicted octanol–water partition coefficient (Wildman–Crippen LogP) is 3.88. The lowest BCUT2D eigenvalue weighted by Gasteiger charge is -2.08. The lowest BCUT2D eigenvalue weighted by molar-refractivity contribution is 0.0697. The Kier molecular flexibility index (Phi) is 4.77. The molecule has 1 aromatic heterocycles. The number of hydrogen-bond acceptors (Lipinski definition) is 2. The first-order valence-electron chi connectivity index (χ1n) is 7.39. The summed E-state index contributed by atoms with van der Waals surface area (Å²) in [6.45, 7) is 5.24. The normalized spacial score (nSPS) is 11.1. The fraction of sp³-hybridized carbons (Fsp3) is 0.500. The van der Waals surface area contributed by atoms with E-state index in [2.05, 4.69) is 23.4 Å². The van der Waals surface area contributed by atoms with Crippen molar-refractivity contribution in [3.05, 3.63) is 29.6 Å². The Balaban J connectivity index is 2.43. The van der Waals surface area contributed by atoms with Crippen LogP contribution >= 0.6 is 0 Å². The second kappa shape index (κ2) is 6.55. The Morgan fingerprint density at radius 2 is 2.05 bits per heavy atom. The molecular weight excluding hydrogens is 252 g/mol. The van der Waals surface area contributed by atoms with Crippen molar-refractivity contribution in [1.29, 1.82) is 0 Å². The highest BCUT2D eigenvalue weighted by molar-refractivity contribution is 5.92. The molecule has 4 nitrogen and oxygen atoms in total. The quantitative estimate of drug-likeness (QED) is 0.780. The van der Waals surface area contributed by atoms with E-state index in [1.165, 1.54) is 12.8 Å². The summed E-state index contributed by atoms with van der Waals surface area (Å²) in [5.41, 5.74) is 2.18. The summed E-state index contributed by atoms with van der Waals surface area (Å²) in [5, 5.41) is 9.13. The molecule has 0 radical (unpaired) electrons. The van der Waals surface area contributed by atoms with E-state index in [-0.39, 0.29) is 0 Å². The van der Waals surface area contributed by atoms with Crippen molar-refractivity contribution >= 4 is 17.0 Å². The fourth-order valence-electron chi connectivity index (χ4n) is 2.49. The molecule has 0 amide bonds. The van der Waals surface area contributed by atoms with Crippen molar-refractivity contribution in [3.63, 3.8) is 0 Å². The number of aryl methyl sites for hydroxylation is 2. The van der Waals surface area contributed by atoms with Gasteiger partial charge in [-0.15, -0.1) is 0 Å². The molecule has 2 aromatic rings. The molecule has 1 aromatic carbocycles. The van der Waals surface area contributed by atoms with Crippen LogP contribution < -0.4 is 0 Å². The number of imidazole rings is 1. The van der Waals surface area contributed by atoms with Crippen LogP contribution in [0.1, 0.15) is 55.7 Å². The van der Waals surface area contributed by atoms with E-state index in [1.807, 2.05) is 6.07 Å². The minimum atomic E-state index is -0.884. The Hall–Kier alpha value is -1.84. The molecule has 0 aliphatic carbocycles. The van der Waals surface area contributed by atoms with Crippen LogP contribution in [0.15, 0.2) is 18.2 Å². The van der Waals surface area contributed by atoms with Crippen LogP contribution in [0.5, 0.6) is 0 Å². The second-order valence-corrected chi connectivity index (χ2v) is 5.15. The van der Waals surface area contributed by atoms with E-state index in [9.17, 15) is 4.79 Å². The van der Waals surface area contributed by atoms with Crippen molar-refractivity contribution in [3.8, 4) is 0 Å². The monoisotopic (exact) mass is 274 g/mol. The Labute approximate surface area is 119 Å². The number of hydrogen-bond donors (Lipinski definition) is 1. The minimum Gasteiger partial charge on any atom is -0.478 e. The maximum Gasteiger partial charge on any atom is 0.335 e. The van der Waals surface area contributed by atoms with Gasteiger partial charge in [0, 0.05) is 13.0 Å². The van der Waals surface area contributed by atoms with Gasteiger partial charge in [0.1, 0.15) is 5.82 Å². The van der Waals surface area contributed by atoms with Gasteiger partial charge < -0.3 is 9.67 Å².